The second-order valence-corrected chi connectivity index (χ2v) is 6.95. The molecule has 1 aliphatic heterocycles. The van der Waals surface area contributed by atoms with Crippen molar-refractivity contribution >= 4 is 28.6 Å². The first-order chi connectivity index (χ1) is 10.2. The van der Waals surface area contributed by atoms with Crippen LogP contribution in [-0.4, -0.2) is 24.1 Å². The van der Waals surface area contributed by atoms with E-state index in [1.807, 2.05) is 12.3 Å². The molecule has 4 nitrogen and oxygen atoms in total. The van der Waals surface area contributed by atoms with Crippen LogP contribution in [0.5, 0.6) is 0 Å². The molecule has 1 N–H and O–H groups in total. The number of hydrogen-bond acceptors (Lipinski definition) is 5. The van der Waals surface area contributed by atoms with Crippen LogP contribution in [0.2, 0.25) is 0 Å². The highest BCUT2D eigenvalue weighted by atomic mass is 32.1. The van der Waals surface area contributed by atoms with E-state index in [0.29, 0.717) is 13.2 Å². The molecule has 0 unspecified atom stereocenters. The van der Waals surface area contributed by atoms with Crippen LogP contribution in [0.1, 0.15) is 28.7 Å². The number of amides is 1. The first kappa shape index (κ1) is 14.7. The number of ether oxygens (including phenoxy) is 1. The molecule has 2 atom stereocenters. The normalized spacial score (nSPS) is 19.6. The fourth-order valence-electron chi connectivity index (χ4n) is 2.41. The summed E-state index contributed by atoms with van der Waals surface area (Å²) < 4.78 is 5.30. The molecule has 0 radical (unpaired) electrons. The number of aryl methyl sites for hydroxylation is 1. The number of carbonyl (C=O) groups is 1. The Morgan fingerprint density at radius 1 is 1.57 bits per heavy atom. The van der Waals surface area contributed by atoms with Gasteiger partial charge in [-0.2, -0.15) is 11.3 Å². The summed E-state index contributed by atoms with van der Waals surface area (Å²) in [7, 11) is 0. The van der Waals surface area contributed by atoms with Crippen LogP contribution in [0, 0.1) is 12.8 Å². The SMILES string of the molecule is Cc1csc([C@H](Cc2ccsc2)NC(=O)[C@H]2CCOC2)n1. The van der Waals surface area contributed by atoms with Gasteiger partial charge in [0.05, 0.1) is 18.6 Å². The summed E-state index contributed by atoms with van der Waals surface area (Å²) in [5.41, 5.74) is 2.24. The highest BCUT2D eigenvalue weighted by Gasteiger charge is 2.27. The molecule has 3 rings (SSSR count). The molecule has 1 amide bonds. The molecule has 3 heterocycles. The van der Waals surface area contributed by atoms with Gasteiger partial charge in [0.1, 0.15) is 5.01 Å². The van der Waals surface area contributed by atoms with Gasteiger partial charge in [0, 0.05) is 24.1 Å². The molecule has 2 aromatic rings. The van der Waals surface area contributed by atoms with Crippen molar-refractivity contribution in [2.45, 2.75) is 25.8 Å². The summed E-state index contributed by atoms with van der Waals surface area (Å²) in [6, 6.07) is 2.05. The lowest BCUT2D eigenvalue weighted by atomic mass is 10.1. The molecular weight excluding hydrogens is 304 g/mol. The van der Waals surface area contributed by atoms with Crippen LogP contribution < -0.4 is 5.32 Å². The first-order valence-corrected chi connectivity index (χ1v) is 8.86. The van der Waals surface area contributed by atoms with Crippen LogP contribution >= 0.6 is 22.7 Å². The molecule has 2 aromatic heterocycles. The molecule has 1 saturated heterocycles. The van der Waals surface area contributed by atoms with Crippen LogP contribution in [0.3, 0.4) is 0 Å². The van der Waals surface area contributed by atoms with Gasteiger partial charge in [-0.1, -0.05) is 0 Å². The Morgan fingerprint density at radius 3 is 3.10 bits per heavy atom. The van der Waals surface area contributed by atoms with Crippen molar-refractivity contribution in [1.82, 2.24) is 10.3 Å². The fourth-order valence-corrected chi connectivity index (χ4v) is 3.94. The Balaban J connectivity index is 1.73. The van der Waals surface area contributed by atoms with Gasteiger partial charge in [0.2, 0.25) is 5.91 Å². The van der Waals surface area contributed by atoms with Gasteiger partial charge in [0.25, 0.3) is 0 Å². The lowest BCUT2D eigenvalue weighted by Gasteiger charge is -2.18. The first-order valence-electron chi connectivity index (χ1n) is 7.03. The van der Waals surface area contributed by atoms with Gasteiger partial charge in [-0.3, -0.25) is 4.79 Å². The number of hydrogen-bond donors (Lipinski definition) is 1. The van der Waals surface area contributed by atoms with E-state index in [4.69, 9.17) is 4.74 Å². The maximum absolute atomic E-state index is 12.4. The van der Waals surface area contributed by atoms with Gasteiger partial charge in [-0.25, -0.2) is 4.98 Å². The summed E-state index contributed by atoms with van der Waals surface area (Å²) in [5.74, 6) is 0.0663. The van der Waals surface area contributed by atoms with Crippen LogP contribution in [-0.2, 0) is 16.0 Å². The van der Waals surface area contributed by atoms with Crippen molar-refractivity contribution in [3.63, 3.8) is 0 Å². The van der Waals surface area contributed by atoms with E-state index < -0.39 is 0 Å². The third-order valence-electron chi connectivity index (χ3n) is 3.57. The quantitative estimate of drug-likeness (QED) is 0.921. The third kappa shape index (κ3) is 3.70. The summed E-state index contributed by atoms with van der Waals surface area (Å²) >= 11 is 3.29. The summed E-state index contributed by atoms with van der Waals surface area (Å²) in [5, 5.41) is 10.4. The van der Waals surface area contributed by atoms with Crippen LogP contribution in [0.4, 0.5) is 0 Å². The van der Waals surface area contributed by atoms with Crippen LogP contribution in [0.25, 0.3) is 0 Å². The third-order valence-corrected chi connectivity index (χ3v) is 5.38. The van der Waals surface area contributed by atoms with Crippen LogP contribution in [0.15, 0.2) is 22.2 Å². The van der Waals surface area contributed by atoms with Crippen molar-refractivity contribution in [3.8, 4) is 0 Å². The number of nitrogens with zero attached hydrogens (tertiary/aromatic N) is 1. The maximum atomic E-state index is 12.4. The standard InChI is InChI=1S/C15H18N2O2S2/c1-10-8-21-15(16-10)13(6-11-3-5-20-9-11)17-14(18)12-2-4-19-7-12/h3,5,8-9,12-13H,2,4,6-7H2,1H3,(H,17,18)/t12-,13-/m0/s1. The topological polar surface area (TPSA) is 51.2 Å². The van der Waals surface area contributed by atoms with E-state index in [-0.39, 0.29) is 17.9 Å². The predicted molar refractivity (Wildman–Crippen MR) is 84.7 cm³/mol. The average Bonchev–Trinajstić information content (AvgIpc) is 3.20. The van der Waals surface area contributed by atoms with E-state index in [9.17, 15) is 4.79 Å². The Kier molecular flexibility index (Phi) is 4.67. The molecule has 6 heteroatoms. The lowest BCUT2D eigenvalue weighted by molar-refractivity contribution is -0.125. The minimum absolute atomic E-state index is 0.0176. The molecule has 112 valence electrons. The minimum Gasteiger partial charge on any atom is -0.381 e. The van der Waals surface area contributed by atoms with Crippen molar-refractivity contribution in [1.29, 1.82) is 0 Å². The van der Waals surface area contributed by atoms with Crippen molar-refractivity contribution in [3.05, 3.63) is 38.5 Å². The number of thiazole rings is 1. The highest BCUT2D eigenvalue weighted by Crippen LogP contribution is 2.24. The number of aromatic nitrogens is 1. The monoisotopic (exact) mass is 322 g/mol. The Bertz CT molecular complexity index is 589. The summed E-state index contributed by atoms with van der Waals surface area (Å²) in [6.07, 6.45) is 1.60. The molecule has 1 aliphatic rings. The molecule has 0 aliphatic carbocycles. The Hall–Kier alpha value is -1.24. The number of thiophene rings is 1. The highest BCUT2D eigenvalue weighted by molar-refractivity contribution is 7.09. The minimum atomic E-state index is -0.0496. The van der Waals surface area contributed by atoms with E-state index in [1.54, 1.807) is 22.7 Å². The van der Waals surface area contributed by atoms with Gasteiger partial charge >= 0.3 is 0 Å². The molecule has 21 heavy (non-hydrogen) atoms. The predicted octanol–water partition coefficient (Wildman–Crippen LogP) is 2.95. The lowest BCUT2D eigenvalue weighted by Crippen LogP contribution is -2.35. The van der Waals surface area contributed by atoms with Crippen molar-refractivity contribution in [2.24, 2.45) is 5.92 Å². The van der Waals surface area contributed by atoms with Crippen molar-refractivity contribution < 1.29 is 9.53 Å². The van der Waals surface area contributed by atoms with Gasteiger partial charge in [-0.15, -0.1) is 11.3 Å². The fraction of sp³-hybridized carbons (Fsp3) is 0.467. The maximum Gasteiger partial charge on any atom is 0.226 e. The largest absolute Gasteiger partial charge is 0.381 e. The summed E-state index contributed by atoms with van der Waals surface area (Å²) in [6.45, 7) is 3.20. The molecule has 0 bridgehead atoms. The zero-order valence-corrected chi connectivity index (χ0v) is 13.5. The van der Waals surface area contributed by atoms with E-state index in [2.05, 4.69) is 27.1 Å². The number of nitrogens with one attached hydrogen (secondary N) is 1. The zero-order chi connectivity index (χ0) is 14.7. The summed E-state index contributed by atoms with van der Waals surface area (Å²) in [4.78, 5) is 16.9. The average molecular weight is 322 g/mol. The number of carbonyl (C=O) groups excluding carboxylic acids is 1. The van der Waals surface area contributed by atoms with E-state index in [1.165, 1.54) is 5.56 Å². The molecule has 0 spiro atoms. The number of rotatable bonds is 5. The van der Waals surface area contributed by atoms with E-state index >= 15 is 0 Å². The van der Waals surface area contributed by atoms with Crippen molar-refractivity contribution in [2.75, 3.05) is 13.2 Å². The van der Waals surface area contributed by atoms with Gasteiger partial charge in [-0.05, 0) is 35.7 Å². The molecule has 0 saturated carbocycles. The second kappa shape index (κ2) is 6.68. The van der Waals surface area contributed by atoms with Gasteiger partial charge < -0.3 is 10.1 Å². The Labute approximate surface area is 132 Å². The van der Waals surface area contributed by atoms with Gasteiger partial charge in [0.15, 0.2) is 0 Å². The molecule has 0 aromatic carbocycles. The Morgan fingerprint density at radius 2 is 2.48 bits per heavy atom. The molecule has 1 fully saturated rings. The molecular formula is C15H18N2O2S2. The van der Waals surface area contributed by atoms with E-state index in [0.717, 1.165) is 23.5 Å². The second-order valence-electron chi connectivity index (χ2n) is 5.28. The smallest absolute Gasteiger partial charge is 0.226 e. The zero-order valence-electron chi connectivity index (χ0n) is 11.9.